The summed E-state index contributed by atoms with van der Waals surface area (Å²) in [5, 5.41) is 12.2. The van der Waals surface area contributed by atoms with E-state index in [-0.39, 0.29) is 42.7 Å². The van der Waals surface area contributed by atoms with Crippen LogP contribution < -0.4 is 5.14 Å². The summed E-state index contributed by atoms with van der Waals surface area (Å²) in [7, 11) is -7.88. The number of nitrogens with two attached hydrogens (primary N) is 1. The number of sulfonamides is 2. The minimum Gasteiger partial charge on any atom is -0.340 e. The number of hydrogen-bond donors (Lipinski definition) is 1. The number of piperidine rings is 1. The zero-order valence-corrected chi connectivity index (χ0v) is 24.4. The summed E-state index contributed by atoms with van der Waals surface area (Å²) in [4.78, 5) is 1.74. The van der Waals surface area contributed by atoms with Crippen LogP contribution >= 0.6 is 23.2 Å². The van der Waals surface area contributed by atoms with Crippen molar-refractivity contribution in [3.8, 4) is 0 Å². The van der Waals surface area contributed by atoms with Gasteiger partial charge in [0.2, 0.25) is 16.0 Å². The van der Waals surface area contributed by atoms with Crippen LogP contribution in [0.3, 0.4) is 0 Å². The van der Waals surface area contributed by atoms with Crippen molar-refractivity contribution in [2.45, 2.75) is 28.9 Å². The standard InChI is InChI=1S/C27H27Cl2N5O4S2/c28-21-8-6-20(7-9-21)26-25(19-4-2-1-3-5-19)18-34(31-26)27(33-16-14-23(15-17-33)39(30,35)36)32-40(37,38)24-12-10-22(29)11-13-24/h1-13,23,25H,14-18H2,(H2,30,35,36)/t25-/m1/s1. The lowest BCUT2D eigenvalue weighted by molar-refractivity contribution is 0.291. The Kier molecular flexibility index (Phi) is 8.21. The summed E-state index contributed by atoms with van der Waals surface area (Å²) in [5.74, 6) is -0.0690. The molecule has 5 rings (SSSR count). The van der Waals surface area contributed by atoms with E-state index in [9.17, 15) is 16.8 Å². The van der Waals surface area contributed by atoms with Crippen LogP contribution in [0.4, 0.5) is 0 Å². The predicted octanol–water partition coefficient (Wildman–Crippen LogP) is 4.29. The molecule has 0 saturated carbocycles. The molecule has 210 valence electrons. The number of guanidine groups is 1. The molecule has 2 aliphatic heterocycles. The predicted molar refractivity (Wildman–Crippen MR) is 158 cm³/mol. The average molecular weight is 621 g/mol. The fraction of sp³-hybridized carbons (Fsp3) is 0.259. The van der Waals surface area contributed by atoms with E-state index in [0.29, 0.717) is 16.6 Å². The van der Waals surface area contributed by atoms with E-state index >= 15 is 0 Å². The largest absolute Gasteiger partial charge is 0.340 e. The van der Waals surface area contributed by atoms with Crippen LogP contribution in [-0.2, 0) is 20.0 Å². The first-order valence-corrected chi connectivity index (χ1v) is 16.4. The lowest BCUT2D eigenvalue weighted by Crippen LogP contribution is -2.49. The topological polar surface area (TPSA) is 126 Å². The average Bonchev–Trinajstić information content (AvgIpc) is 3.38. The van der Waals surface area contributed by atoms with Crippen molar-refractivity contribution in [1.29, 1.82) is 0 Å². The lowest BCUT2D eigenvalue weighted by Gasteiger charge is -2.35. The summed E-state index contributed by atoms with van der Waals surface area (Å²) < 4.78 is 55.1. The summed E-state index contributed by atoms with van der Waals surface area (Å²) >= 11 is 12.1. The van der Waals surface area contributed by atoms with Crippen molar-refractivity contribution in [3.63, 3.8) is 0 Å². The molecule has 1 fully saturated rings. The zero-order chi connectivity index (χ0) is 28.5. The van der Waals surface area contributed by atoms with Crippen LogP contribution in [0.5, 0.6) is 0 Å². The number of nitrogens with zero attached hydrogens (tertiary/aromatic N) is 4. The van der Waals surface area contributed by atoms with Gasteiger partial charge in [0.05, 0.1) is 22.4 Å². The molecule has 40 heavy (non-hydrogen) atoms. The van der Waals surface area contributed by atoms with Crippen molar-refractivity contribution in [1.82, 2.24) is 9.91 Å². The summed E-state index contributed by atoms with van der Waals surface area (Å²) in [6.45, 7) is 0.814. The molecule has 0 bridgehead atoms. The van der Waals surface area contributed by atoms with Crippen LogP contribution in [0.2, 0.25) is 10.0 Å². The van der Waals surface area contributed by atoms with Crippen molar-refractivity contribution in [3.05, 3.63) is 100 Å². The molecule has 3 aromatic carbocycles. The molecular weight excluding hydrogens is 593 g/mol. The fourth-order valence-electron chi connectivity index (χ4n) is 4.87. The van der Waals surface area contributed by atoms with Crippen LogP contribution in [0.25, 0.3) is 0 Å². The van der Waals surface area contributed by atoms with E-state index < -0.39 is 25.3 Å². The van der Waals surface area contributed by atoms with Gasteiger partial charge in [0, 0.05) is 29.1 Å². The Morgan fingerprint density at radius 3 is 2.00 bits per heavy atom. The fourth-order valence-corrected chi connectivity index (χ4v) is 7.00. The first-order chi connectivity index (χ1) is 19.0. The van der Waals surface area contributed by atoms with Crippen molar-refractivity contribution < 1.29 is 16.8 Å². The van der Waals surface area contributed by atoms with E-state index in [4.69, 9.17) is 33.4 Å². The van der Waals surface area contributed by atoms with E-state index in [1.165, 1.54) is 24.3 Å². The quantitative estimate of drug-likeness (QED) is 0.335. The van der Waals surface area contributed by atoms with Crippen molar-refractivity contribution >= 4 is 54.9 Å². The Balaban J connectivity index is 1.58. The van der Waals surface area contributed by atoms with Crippen LogP contribution in [-0.4, -0.2) is 63.3 Å². The second-order valence-electron chi connectivity index (χ2n) is 9.63. The molecule has 2 N–H and O–H groups in total. The van der Waals surface area contributed by atoms with Gasteiger partial charge in [0.25, 0.3) is 10.0 Å². The number of rotatable bonds is 5. The number of hydrazone groups is 1. The molecule has 13 heteroatoms. The van der Waals surface area contributed by atoms with Crippen LogP contribution in [0.15, 0.2) is 93.3 Å². The Labute approximate surface area is 244 Å². The molecule has 0 aromatic heterocycles. The normalized spacial score (nSPS) is 19.1. The Hall–Kier alpha value is -2.96. The smallest absolute Gasteiger partial charge is 0.285 e. The minimum atomic E-state index is -4.16. The van der Waals surface area contributed by atoms with Crippen LogP contribution in [0.1, 0.15) is 29.9 Å². The monoisotopic (exact) mass is 619 g/mol. The molecule has 0 unspecified atom stereocenters. The number of benzene rings is 3. The summed E-state index contributed by atoms with van der Waals surface area (Å²) in [6.07, 6.45) is 0.477. The number of halogens is 2. The molecule has 1 saturated heterocycles. The molecule has 3 aromatic rings. The molecule has 9 nitrogen and oxygen atoms in total. The third kappa shape index (κ3) is 6.34. The van der Waals surface area contributed by atoms with Gasteiger partial charge in [-0.3, -0.25) is 0 Å². The Morgan fingerprint density at radius 2 is 1.43 bits per heavy atom. The van der Waals surface area contributed by atoms with E-state index in [1.54, 1.807) is 22.0 Å². The maximum Gasteiger partial charge on any atom is 0.285 e. The molecular formula is C27H27Cl2N5O4S2. The third-order valence-electron chi connectivity index (χ3n) is 6.99. The van der Waals surface area contributed by atoms with Gasteiger partial charge in [-0.1, -0.05) is 65.7 Å². The van der Waals surface area contributed by atoms with Gasteiger partial charge in [0.1, 0.15) is 0 Å². The van der Waals surface area contributed by atoms with Gasteiger partial charge in [-0.05, 0) is 60.4 Å². The highest BCUT2D eigenvalue weighted by Gasteiger charge is 2.37. The summed E-state index contributed by atoms with van der Waals surface area (Å²) in [6, 6.07) is 22.9. The van der Waals surface area contributed by atoms with Gasteiger partial charge in [-0.15, -0.1) is 4.40 Å². The second-order valence-corrected chi connectivity index (χ2v) is 14.0. The van der Waals surface area contributed by atoms with Gasteiger partial charge in [-0.25, -0.2) is 18.6 Å². The molecule has 0 spiro atoms. The van der Waals surface area contributed by atoms with Gasteiger partial charge in [-0.2, -0.15) is 13.5 Å². The number of likely N-dealkylation sites (tertiary alicyclic amines) is 1. The van der Waals surface area contributed by atoms with E-state index in [1.807, 2.05) is 42.5 Å². The highest BCUT2D eigenvalue weighted by molar-refractivity contribution is 7.90. The van der Waals surface area contributed by atoms with E-state index in [0.717, 1.165) is 16.8 Å². The first-order valence-electron chi connectivity index (χ1n) is 12.6. The molecule has 2 aliphatic rings. The highest BCUT2D eigenvalue weighted by Crippen LogP contribution is 2.31. The maximum atomic E-state index is 13.5. The van der Waals surface area contributed by atoms with Gasteiger partial charge >= 0.3 is 0 Å². The Morgan fingerprint density at radius 1 is 0.850 bits per heavy atom. The highest BCUT2D eigenvalue weighted by atomic mass is 35.5. The third-order valence-corrected chi connectivity index (χ3v) is 10.2. The molecule has 0 aliphatic carbocycles. The zero-order valence-electron chi connectivity index (χ0n) is 21.3. The van der Waals surface area contributed by atoms with Crippen molar-refractivity contribution in [2.75, 3.05) is 19.6 Å². The van der Waals surface area contributed by atoms with Crippen molar-refractivity contribution in [2.24, 2.45) is 14.6 Å². The number of primary sulfonamides is 1. The molecule has 0 radical (unpaired) electrons. The van der Waals surface area contributed by atoms with Gasteiger partial charge in [0.15, 0.2) is 0 Å². The Bertz CT molecular complexity index is 1640. The molecule has 2 heterocycles. The summed E-state index contributed by atoms with van der Waals surface area (Å²) in [5.41, 5.74) is 2.58. The second kappa shape index (κ2) is 11.5. The number of hydrogen-bond acceptors (Lipinski definition) is 5. The molecule has 0 amide bonds. The van der Waals surface area contributed by atoms with Crippen LogP contribution in [0, 0.1) is 0 Å². The van der Waals surface area contributed by atoms with Gasteiger partial charge < -0.3 is 4.90 Å². The SMILES string of the molecule is NS(=O)(=O)C1CCN(C(=NS(=O)(=O)c2ccc(Cl)cc2)N2C[C@H](c3ccccc3)C(c3ccc(Cl)cc3)=N2)CC1. The minimum absolute atomic E-state index is 0.0190. The first kappa shape index (κ1) is 28.6. The van der Waals surface area contributed by atoms with E-state index in [2.05, 4.69) is 4.40 Å². The lowest BCUT2D eigenvalue weighted by atomic mass is 9.91. The maximum absolute atomic E-state index is 13.5. The molecule has 1 atom stereocenters.